The Labute approximate surface area is 132 Å². The number of aromatic carboxylic acids is 1. The summed E-state index contributed by atoms with van der Waals surface area (Å²) in [7, 11) is 0. The van der Waals surface area contributed by atoms with Crippen LogP contribution in [0, 0.1) is 0 Å². The first kappa shape index (κ1) is 16.2. The molecule has 0 fully saturated rings. The number of esters is 1. The number of anilines is 1. The lowest BCUT2D eigenvalue weighted by molar-refractivity contribution is -0.255. The first-order valence-electron chi connectivity index (χ1n) is 6.93. The quantitative estimate of drug-likeness (QED) is 0.668. The minimum absolute atomic E-state index is 0.0235. The second kappa shape index (κ2) is 7.22. The number of carbonyl (C=O) groups is 3. The summed E-state index contributed by atoms with van der Waals surface area (Å²) in [5.74, 6) is -1.73. The molecule has 6 nitrogen and oxygen atoms in total. The number of nitrogens with one attached hydrogen (secondary N) is 1. The second-order valence-electron chi connectivity index (χ2n) is 4.67. The summed E-state index contributed by atoms with van der Waals surface area (Å²) < 4.78 is 5.02. The summed E-state index contributed by atoms with van der Waals surface area (Å²) in [6.07, 6.45) is 0.261. The van der Waals surface area contributed by atoms with Crippen LogP contribution in [-0.4, -0.2) is 17.8 Å². The van der Waals surface area contributed by atoms with E-state index in [9.17, 15) is 19.5 Å². The SMILES string of the molecule is CCC(=O)Oc1ccc(C(=O)Nc2cccc(C(=O)[O-])c2)cc1. The van der Waals surface area contributed by atoms with Gasteiger partial charge in [-0.2, -0.15) is 0 Å². The Bertz CT molecular complexity index is 737. The standard InChI is InChI=1S/C17H15NO5/c1-2-15(19)23-14-8-6-11(7-9-14)16(20)18-13-5-3-4-12(10-13)17(21)22/h3-10H,2H2,1H3,(H,18,20)(H,21,22)/p-1. The Balaban J connectivity index is 2.07. The van der Waals surface area contributed by atoms with Gasteiger partial charge in [0.05, 0.1) is 5.97 Å². The second-order valence-corrected chi connectivity index (χ2v) is 4.67. The average Bonchev–Trinajstić information content (AvgIpc) is 2.55. The Morgan fingerprint density at radius 1 is 1.04 bits per heavy atom. The van der Waals surface area contributed by atoms with Crippen molar-refractivity contribution in [3.05, 3.63) is 59.7 Å². The summed E-state index contributed by atoms with van der Waals surface area (Å²) in [5.41, 5.74) is 0.669. The van der Waals surface area contributed by atoms with Gasteiger partial charge in [0.25, 0.3) is 5.91 Å². The highest BCUT2D eigenvalue weighted by atomic mass is 16.5. The Morgan fingerprint density at radius 2 is 1.74 bits per heavy atom. The topological polar surface area (TPSA) is 95.5 Å². The minimum atomic E-state index is -1.32. The van der Waals surface area contributed by atoms with Crippen molar-refractivity contribution in [1.82, 2.24) is 0 Å². The summed E-state index contributed by atoms with van der Waals surface area (Å²) >= 11 is 0. The van der Waals surface area contributed by atoms with E-state index in [0.717, 1.165) is 0 Å². The van der Waals surface area contributed by atoms with Crippen molar-refractivity contribution in [1.29, 1.82) is 0 Å². The summed E-state index contributed by atoms with van der Waals surface area (Å²) in [6.45, 7) is 1.69. The van der Waals surface area contributed by atoms with E-state index in [4.69, 9.17) is 4.74 Å². The van der Waals surface area contributed by atoms with E-state index in [-0.39, 0.29) is 18.0 Å². The molecule has 0 atom stereocenters. The third kappa shape index (κ3) is 4.41. The van der Waals surface area contributed by atoms with Gasteiger partial charge in [-0.05, 0) is 42.0 Å². The van der Waals surface area contributed by atoms with E-state index in [1.54, 1.807) is 13.0 Å². The van der Waals surface area contributed by atoms with Gasteiger partial charge in [0.15, 0.2) is 0 Å². The van der Waals surface area contributed by atoms with Gasteiger partial charge in [0.2, 0.25) is 0 Å². The number of hydrogen-bond donors (Lipinski definition) is 1. The Kier molecular flexibility index (Phi) is 5.09. The monoisotopic (exact) mass is 312 g/mol. The van der Waals surface area contributed by atoms with E-state index in [1.165, 1.54) is 42.5 Å². The number of carbonyl (C=O) groups excluding carboxylic acids is 3. The van der Waals surface area contributed by atoms with Crippen LogP contribution in [0.15, 0.2) is 48.5 Å². The smallest absolute Gasteiger partial charge is 0.310 e. The molecule has 0 saturated carbocycles. The number of rotatable bonds is 5. The predicted molar refractivity (Wildman–Crippen MR) is 81.1 cm³/mol. The summed E-state index contributed by atoms with van der Waals surface area (Å²) in [5, 5.41) is 13.4. The van der Waals surface area contributed by atoms with Gasteiger partial charge in [-0.3, -0.25) is 9.59 Å². The van der Waals surface area contributed by atoms with Crippen molar-refractivity contribution in [3.63, 3.8) is 0 Å². The highest BCUT2D eigenvalue weighted by Gasteiger charge is 2.08. The fourth-order valence-corrected chi connectivity index (χ4v) is 1.81. The van der Waals surface area contributed by atoms with Crippen molar-refractivity contribution in [2.75, 3.05) is 5.32 Å². The van der Waals surface area contributed by atoms with Crippen LogP contribution in [0.4, 0.5) is 5.69 Å². The molecule has 0 aromatic heterocycles. The number of amides is 1. The maximum absolute atomic E-state index is 12.1. The van der Waals surface area contributed by atoms with Crippen molar-refractivity contribution < 1.29 is 24.2 Å². The van der Waals surface area contributed by atoms with Crippen molar-refractivity contribution in [3.8, 4) is 5.75 Å². The maximum Gasteiger partial charge on any atom is 0.310 e. The highest BCUT2D eigenvalue weighted by Crippen LogP contribution is 2.15. The van der Waals surface area contributed by atoms with E-state index >= 15 is 0 Å². The molecule has 2 aromatic carbocycles. The van der Waals surface area contributed by atoms with Gasteiger partial charge in [0, 0.05) is 17.7 Å². The van der Waals surface area contributed by atoms with Crippen LogP contribution in [-0.2, 0) is 4.79 Å². The molecule has 0 aliphatic carbocycles. The van der Waals surface area contributed by atoms with E-state index in [1.807, 2.05) is 0 Å². The van der Waals surface area contributed by atoms with Crippen LogP contribution in [0.3, 0.4) is 0 Å². The molecule has 0 radical (unpaired) electrons. The third-order valence-corrected chi connectivity index (χ3v) is 2.99. The first-order chi connectivity index (χ1) is 11.0. The van der Waals surface area contributed by atoms with Crippen LogP contribution in [0.25, 0.3) is 0 Å². The molecule has 0 aliphatic rings. The zero-order chi connectivity index (χ0) is 16.8. The average molecular weight is 312 g/mol. The van der Waals surface area contributed by atoms with Crippen LogP contribution in [0.1, 0.15) is 34.1 Å². The van der Waals surface area contributed by atoms with Gasteiger partial charge in [-0.15, -0.1) is 0 Å². The van der Waals surface area contributed by atoms with Crippen LogP contribution < -0.4 is 15.2 Å². The van der Waals surface area contributed by atoms with Gasteiger partial charge in [0.1, 0.15) is 5.75 Å². The zero-order valence-corrected chi connectivity index (χ0v) is 12.4. The zero-order valence-electron chi connectivity index (χ0n) is 12.4. The Morgan fingerprint density at radius 3 is 2.35 bits per heavy atom. The van der Waals surface area contributed by atoms with E-state index < -0.39 is 11.9 Å². The van der Waals surface area contributed by atoms with Gasteiger partial charge < -0.3 is 20.0 Å². The van der Waals surface area contributed by atoms with E-state index in [2.05, 4.69) is 5.32 Å². The molecule has 23 heavy (non-hydrogen) atoms. The fourth-order valence-electron chi connectivity index (χ4n) is 1.81. The fraction of sp³-hybridized carbons (Fsp3) is 0.118. The molecule has 2 rings (SSSR count). The van der Waals surface area contributed by atoms with Gasteiger partial charge in [-0.25, -0.2) is 0 Å². The lowest BCUT2D eigenvalue weighted by Gasteiger charge is -2.08. The molecule has 1 N–H and O–H groups in total. The van der Waals surface area contributed by atoms with Gasteiger partial charge in [-0.1, -0.05) is 19.1 Å². The largest absolute Gasteiger partial charge is 0.545 e. The molecule has 0 bridgehead atoms. The molecule has 0 aliphatic heterocycles. The molecular weight excluding hydrogens is 298 g/mol. The number of hydrogen-bond acceptors (Lipinski definition) is 5. The number of benzene rings is 2. The molecule has 0 heterocycles. The van der Waals surface area contributed by atoms with Crippen molar-refractivity contribution in [2.45, 2.75) is 13.3 Å². The summed E-state index contributed by atoms with van der Waals surface area (Å²) in [6, 6.07) is 11.8. The highest BCUT2D eigenvalue weighted by molar-refractivity contribution is 6.04. The van der Waals surface area contributed by atoms with Crippen molar-refractivity contribution in [2.24, 2.45) is 0 Å². The van der Waals surface area contributed by atoms with Gasteiger partial charge >= 0.3 is 5.97 Å². The predicted octanol–water partition coefficient (Wildman–Crippen LogP) is 1.62. The van der Waals surface area contributed by atoms with Crippen LogP contribution >= 0.6 is 0 Å². The molecule has 0 spiro atoms. The molecule has 6 heteroatoms. The normalized spacial score (nSPS) is 9.96. The molecule has 118 valence electrons. The van der Waals surface area contributed by atoms with Crippen LogP contribution in [0.5, 0.6) is 5.75 Å². The molecule has 2 aromatic rings. The lowest BCUT2D eigenvalue weighted by atomic mass is 10.1. The van der Waals surface area contributed by atoms with Crippen molar-refractivity contribution >= 4 is 23.5 Å². The minimum Gasteiger partial charge on any atom is -0.545 e. The molecule has 1 amide bonds. The van der Waals surface area contributed by atoms with Crippen LogP contribution in [0.2, 0.25) is 0 Å². The number of carboxylic acid groups (broad SMARTS) is 1. The summed E-state index contributed by atoms with van der Waals surface area (Å²) in [4.78, 5) is 34.1. The molecule has 0 unspecified atom stereocenters. The lowest BCUT2D eigenvalue weighted by Crippen LogP contribution is -2.22. The maximum atomic E-state index is 12.1. The third-order valence-electron chi connectivity index (χ3n) is 2.99. The van der Waals surface area contributed by atoms with E-state index in [0.29, 0.717) is 17.0 Å². The Hall–Kier alpha value is -3.15. The number of ether oxygens (including phenoxy) is 1. The first-order valence-corrected chi connectivity index (χ1v) is 6.93. The molecular formula is C17H14NO5-. The molecule has 0 saturated heterocycles. The number of carboxylic acids is 1.